The van der Waals surface area contributed by atoms with E-state index in [4.69, 9.17) is 4.74 Å². The van der Waals surface area contributed by atoms with Crippen LogP contribution < -0.4 is 16.0 Å². The molecule has 0 aromatic rings. The van der Waals surface area contributed by atoms with Crippen molar-refractivity contribution in [2.75, 3.05) is 105 Å². The smallest absolute Gasteiger partial charge is 0.475 e. The summed E-state index contributed by atoms with van der Waals surface area (Å²) in [4.78, 5) is 93.8. The molecule has 0 radical (unpaired) electrons. The summed E-state index contributed by atoms with van der Waals surface area (Å²) in [5, 5.41) is 55.3. The van der Waals surface area contributed by atoms with Crippen LogP contribution in [0.5, 0.6) is 0 Å². The number of carboxylic acid groups (broad SMARTS) is 3. The highest BCUT2D eigenvalue weighted by atomic mass is 16.5. The van der Waals surface area contributed by atoms with Crippen LogP contribution in [0, 0.1) is 5.92 Å². The van der Waals surface area contributed by atoms with Crippen LogP contribution in [0.4, 0.5) is 0 Å². The molecule has 0 aromatic carbocycles. The summed E-state index contributed by atoms with van der Waals surface area (Å²) in [6.45, 7) is 6.83. The molecule has 0 bridgehead atoms. The van der Waals surface area contributed by atoms with E-state index in [2.05, 4.69) is 16.0 Å². The highest BCUT2D eigenvalue weighted by Crippen LogP contribution is 2.19. The van der Waals surface area contributed by atoms with E-state index in [-0.39, 0.29) is 103 Å². The number of nitrogens with one attached hydrogen (secondary N) is 3. The van der Waals surface area contributed by atoms with Crippen molar-refractivity contribution >= 4 is 48.7 Å². The molecule has 8 N–H and O–H groups in total. The number of carbonyl (C=O) groups is 7. The van der Waals surface area contributed by atoms with Crippen LogP contribution in [-0.4, -0.2) is 221 Å². The third-order valence-corrected chi connectivity index (χ3v) is 9.34. The van der Waals surface area contributed by atoms with E-state index in [1.54, 1.807) is 33.4 Å². The van der Waals surface area contributed by atoms with Crippen molar-refractivity contribution in [3.63, 3.8) is 0 Å². The van der Waals surface area contributed by atoms with Crippen LogP contribution in [0.15, 0.2) is 0 Å². The van der Waals surface area contributed by atoms with E-state index in [1.165, 1.54) is 11.8 Å². The second-order valence-electron chi connectivity index (χ2n) is 14.2. The standard InChI is InChI=1S/C33H59BN8O13/c1-23(2)31(32(51)36-24(3)33(52)42-8-4-5-25(42)34(53)54)37-26(43)6-17-55-18-7-35-27(44)19-38-9-11-39(20-28(45)46)13-15-41(22-30(49)50)16-14-40(12-10-38)21-29(47)48/h23-25,31,53-54H,4-22H2,1-3H3,(H,35,44)(H,36,51)(H,37,43)(H,45,46)(H,47,48)(H,49,50)/t24-,25+,31+/m1/s1. The number of aliphatic carboxylic acids is 3. The van der Waals surface area contributed by atoms with E-state index in [9.17, 15) is 58.9 Å². The molecule has 0 saturated carbocycles. The second kappa shape index (κ2) is 24.6. The van der Waals surface area contributed by atoms with Crippen molar-refractivity contribution in [2.24, 2.45) is 5.92 Å². The summed E-state index contributed by atoms with van der Waals surface area (Å²) in [7, 11) is -1.68. The molecule has 2 aliphatic heterocycles. The predicted molar refractivity (Wildman–Crippen MR) is 196 cm³/mol. The molecule has 2 rings (SSSR count). The van der Waals surface area contributed by atoms with E-state index in [1.807, 2.05) is 0 Å². The average Bonchev–Trinajstić information content (AvgIpc) is 3.59. The Kier molecular flexibility index (Phi) is 21.1. The van der Waals surface area contributed by atoms with Gasteiger partial charge in [-0.15, -0.1) is 0 Å². The molecule has 2 heterocycles. The quantitative estimate of drug-likeness (QED) is 0.0428. The van der Waals surface area contributed by atoms with Gasteiger partial charge in [-0.1, -0.05) is 13.8 Å². The number of ether oxygens (including phenoxy) is 1. The fourth-order valence-electron chi connectivity index (χ4n) is 6.34. The van der Waals surface area contributed by atoms with Crippen molar-refractivity contribution < 1.29 is 63.7 Å². The maximum atomic E-state index is 13.0. The summed E-state index contributed by atoms with van der Waals surface area (Å²) in [6, 6.07) is -1.89. The van der Waals surface area contributed by atoms with Crippen LogP contribution >= 0.6 is 0 Å². The summed E-state index contributed by atoms with van der Waals surface area (Å²) in [5.41, 5.74) is 0. The molecule has 0 aliphatic carbocycles. The summed E-state index contributed by atoms with van der Waals surface area (Å²) in [5.74, 6) is -6.01. The molecule has 2 fully saturated rings. The molecule has 0 spiro atoms. The molecule has 3 atom stereocenters. The maximum Gasteiger partial charge on any atom is 0.475 e. The number of amides is 4. The first-order valence-corrected chi connectivity index (χ1v) is 18.6. The van der Waals surface area contributed by atoms with Gasteiger partial charge in [-0.05, 0) is 25.7 Å². The minimum atomic E-state index is -1.68. The molecule has 312 valence electrons. The minimum absolute atomic E-state index is 0.00228. The predicted octanol–water partition coefficient (Wildman–Crippen LogP) is -4.37. The van der Waals surface area contributed by atoms with Gasteiger partial charge in [0.15, 0.2) is 0 Å². The molecular formula is C33H59BN8O13. The zero-order chi connectivity index (χ0) is 41.1. The van der Waals surface area contributed by atoms with E-state index < -0.39 is 60.8 Å². The van der Waals surface area contributed by atoms with Crippen molar-refractivity contribution in [1.29, 1.82) is 0 Å². The number of nitrogens with zero attached hydrogens (tertiary/aromatic N) is 5. The molecule has 4 amide bonds. The molecule has 0 unspecified atom stereocenters. The highest BCUT2D eigenvalue weighted by molar-refractivity contribution is 6.43. The van der Waals surface area contributed by atoms with Gasteiger partial charge in [0.25, 0.3) is 0 Å². The summed E-state index contributed by atoms with van der Waals surface area (Å²) in [6.07, 6.45) is 0.971. The molecule has 21 nitrogen and oxygen atoms in total. The number of rotatable bonds is 20. The lowest BCUT2D eigenvalue weighted by atomic mass is 9.78. The summed E-state index contributed by atoms with van der Waals surface area (Å²) < 4.78 is 5.51. The lowest BCUT2D eigenvalue weighted by molar-refractivity contribution is -0.140. The molecule has 22 heteroatoms. The zero-order valence-corrected chi connectivity index (χ0v) is 32.1. The van der Waals surface area contributed by atoms with Crippen LogP contribution in [0.25, 0.3) is 0 Å². The van der Waals surface area contributed by atoms with Gasteiger partial charge >= 0.3 is 25.0 Å². The molecule has 55 heavy (non-hydrogen) atoms. The third-order valence-electron chi connectivity index (χ3n) is 9.34. The normalized spacial score (nSPS) is 19.5. The van der Waals surface area contributed by atoms with E-state index in [0.717, 1.165) is 0 Å². The van der Waals surface area contributed by atoms with Gasteiger partial charge in [0, 0.05) is 71.9 Å². The Bertz CT molecular complexity index is 1260. The van der Waals surface area contributed by atoms with Crippen molar-refractivity contribution in [3.8, 4) is 0 Å². The fraction of sp³-hybridized carbons (Fsp3) is 0.788. The van der Waals surface area contributed by atoms with E-state index in [0.29, 0.717) is 32.5 Å². The first-order valence-electron chi connectivity index (χ1n) is 18.6. The monoisotopic (exact) mass is 786 g/mol. The van der Waals surface area contributed by atoms with Crippen LogP contribution in [0.2, 0.25) is 0 Å². The van der Waals surface area contributed by atoms with Crippen molar-refractivity contribution in [1.82, 2.24) is 40.4 Å². The van der Waals surface area contributed by atoms with Gasteiger partial charge < -0.3 is 51.0 Å². The number of hydrogen-bond acceptors (Lipinski definition) is 14. The number of likely N-dealkylation sites (tertiary alicyclic amines) is 1. The van der Waals surface area contributed by atoms with Crippen molar-refractivity contribution in [3.05, 3.63) is 0 Å². The first-order chi connectivity index (χ1) is 26.0. The molecular weight excluding hydrogens is 727 g/mol. The van der Waals surface area contributed by atoms with Gasteiger partial charge in [0.2, 0.25) is 23.6 Å². The first kappa shape index (κ1) is 47.2. The number of carbonyl (C=O) groups excluding carboxylic acids is 4. The Morgan fingerprint density at radius 3 is 1.58 bits per heavy atom. The van der Waals surface area contributed by atoms with Crippen LogP contribution in [0.3, 0.4) is 0 Å². The lowest BCUT2D eigenvalue weighted by Gasteiger charge is -2.32. The van der Waals surface area contributed by atoms with Gasteiger partial charge in [-0.25, -0.2) is 0 Å². The highest BCUT2D eigenvalue weighted by Gasteiger charge is 2.39. The van der Waals surface area contributed by atoms with Gasteiger partial charge in [-0.3, -0.25) is 53.2 Å². The van der Waals surface area contributed by atoms with Crippen molar-refractivity contribution in [2.45, 2.75) is 58.1 Å². The average molecular weight is 787 g/mol. The third kappa shape index (κ3) is 18.5. The second-order valence-corrected chi connectivity index (χ2v) is 14.2. The number of carboxylic acids is 3. The molecule has 2 saturated heterocycles. The van der Waals surface area contributed by atoms with Gasteiger partial charge in [0.05, 0.1) is 45.3 Å². The zero-order valence-electron chi connectivity index (χ0n) is 32.1. The minimum Gasteiger partial charge on any atom is -0.480 e. The Hall–Kier alpha value is -3.93. The Labute approximate surface area is 321 Å². The van der Waals surface area contributed by atoms with Gasteiger partial charge in [0.1, 0.15) is 12.1 Å². The van der Waals surface area contributed by atoms with Crippen LogP contribution in [-0.2, 0) is 38.3 Å². The largest absolute Gasteiger partial charge is 0.480 e. The van der Waals surface area contributed by atoms with Gasteiger partial charge in [-0.2, -0.15) is 0 Å². The van der Waals surface area contributed by atoms with Crippen LogP contribution in [0.1, 0.15) is 40.0 Å². The Balaban J connectivity index is 1.82. The molecule has 2 aliphatic rings. The SMILES string of the molecule is CC(C)[C@H](NC(=O)CCOCCNC(=O)CN1CCN(CC(=O)O)CCN(CC(=O)O)CCN(CC(=O)O)CC1)C(=O)N[C@H](C)C(=O)N1CCC[C@H]1B(O)O. The summed E-state index contributed by atoms with van der Waals surface area (Å²) >= 11 is 0. The Morgan fingerprint density at radius 1 is 0.673 bits per heavy atom. The Morgan fingerprint density at radius 2 is 1.15 bits per heavy atom. The molecule has 0 aromatic heterocycles. The van der Waals surface area contributed by atoms with E-state index >= 15 is 0 Å². The maximum absolute atomic E-state index is 13.0. The number of hydrogen-bond donors (Lipinski definition) is 8. The topological polar surface area (TPSA) is 282 Å². The fourth-order valence-corrected chi connectivity index (χ4v) is 6.34. The lowest BCUT2D eigenvalue weighted by Crippen LogP contribution is -2.56.